The molecule has 3 saturated heterocycles. The Kier molecular flexibility index (Phi) is 9.46. The van der Waals surface area contributed by atoms with E-state index < -0.39 is 35.5 Å². The number of esters is 1. The van der Waals surface area contributed by atoms with Crippen LogP contribution in [-0.4, -0.2) is 103 Å². The second-order valence-electron chi connectivity index (χ2n) is 12.6. The molecule has 0 aliphatic carbocycles. The number of amidine groups is 1. The predicted molar refractivity (Wildman–Crippen MR) is 184 cm³/mol. The zero-order valence-electron chi connectivity index (χ0n) is 27.0. The number of piperidine rings is 1. The molecule has 0 bridgehead atoms. The van der Waals surface area contributed by atoms with E-state index >= 15 is 0 Å². The lowest BCUT2D eigenvalue weighted by atomic mass is 9.95. The number of hydrogen-bond acceptors (Lipinski definition) is 10. The van der Waals surface area contributed by atoms with Crippen molar-refractivity contribution in [2.45, 2.75) is 24.9 Å². The van der Waals surface area contributed by atoms with E-state index in [1.165, 1.54) is 48.8 Å². The van der Waals surface area contributed by atoms with Crippen LogP contribution in [0.25, 0.3) is 0 Å². The van der Waals surface area contributed by atoms with Crippen LogP contribution in [0.1, 0.15) is 29.5 Å². The number of piperazine rings is 1. The summed E-state index contributed by atoms with van der Waals surface area (Å²) in [7, 11) is 1.28. The van der Waals surface area contributed by atoms with Gasteiger partial charge >= 0.3 is 18.0 Å². The molecule has 2 atom stereocenters. The van der Waals surface area contributed by atoms with E-state index in [9.17, 15) is 28.3 Å². The van der Waals surface area contributed by atoms with Gasteiger partial charge in [-0.2, -0.15) is 0 Å². The van der Waals surface area contributed by atoms with Crippen LogP contribution in [0.3, 0.4) is 0 Å². The summed E-state index contributed by atoms with van der Waals surface area (Å²) in [6.07, 6.45) is 2.58. The minimum Gasteiger partial charge on any atom is -0.481 e. The largest absolute Gasteiger partial charge is 0.481 e. The van der Waals surface area contributed by atoms with Gasteiger partial charge < -0.3 is 25.0 Å². The Bertz CT molecular complexity index is 1880. The summed E-state index contributed by atoms with van der Waals surface area (Å²) in [6, 6.07) is 7.18. The minimum absolute atomic E-state index is 0.114. The van der Waals surface area contributed by atoms with Gasteiger partial charge in [0.2, 0.25) is 0 Å². The number of urea groups is 1. The lowest BCUT2D eigenvalue weighted by Gasteiger charge is -2.38. The molecule has 2 N–H and O–H groups in total. The number of hydrogen-bond donors (Lipinski definition) is 2. The number of rotatable bonds is 8. The van der Waals surface area contributed by atoms with Gasteiger partial charge in [0, 0.05) is 79.4 Å². The average molecular weight is 726 g/mol. The number of carboxylic acids is 1. The van der Waals surface area contributed by atoms with Gasteiger partial charge in [0.15, 0.2) is 10.8 Å². The molecule has 2 unspecified atom stereocenters. The van der Waals surface area contributed by atoms with E-state index in [0.717, 1.165) is 0 Å². The molecule has 0 radical (unpaired) electrons. The number of methoxy groups -OCH3 is 1. The molecule has 262 valence electrons. The number of aromatic nitrogens is 1. The fourth-order valence-corrected chi connectivity index (χ4v) is 7.96. The van der Waals surface area contributed by atoms with Crippen LogP contribution in [0.2, 0.25) is 5.02 Å². The Morgan fingerprint density at radius 1 is 1.06 bits per heavy atom. The first-order valence-corrected chi connectivity index (χ1v) is 17.4. The van der Waals surface area contributed by atoms with E-state index in [1.807, 2.05) is 10.3 Å². The SMILES string of the molecule is COC(=O)C1=C(CN2CCN3C(=O)N(c4cc(F)cc(N5CCC(C(=O)O)CC5)c4)CC3C2)NC(c2nccs2)=NC1c1ccc(F)cc1Cl. The Morgan fingerprint density at radius 2 is 1.84 bits per heavy atom. The molecule has 16 heteroatoms. The highest BCUT2D eigenvalue weighted by Crippen LogP contribution is 2.38. The summed E-state index contributed by atoms with van der Waals surface area (Å²) in [4.78, 5) is 55.1. The number of benzene rings is 2. The molecule has 3 aromatic rings. The lowest BCUT2D eigenvalue weighted by Crippen LogP contribution is -2.53. The van der Waals surface area contributed by atoms with Crippen molar-refractivity contribution >= 4 is 58.1 Å². The second kappa shape index (κ2) is 14.0. The minimum atomic E-state index is -0.896. The van der Waals surface area contributed by atoms with Gasteiger partial charge in [0.25, 0.3) is 0 Å². The molecule has 2 amide bonds. The smallest absolute Gasteiger partial charge is 0.338 e. The molecule has 3 fully saturated rings. The number of ether oxygens (including phenoxy) is 1. The third-order valence-corrected chi connectivity index (χ3v) is 10.7. The van der Waals surface area contributed by atoms with Gasteiger partial charge in [0.05, 0.1) is 30.3 Å². The number of carbonyl (C=O) groups is 3. The lowest BCUT2D eigenvalue weighted by molar-refractivity contribution is -0.142. The van der Waals surface area contributed by atoms with Gasteiger partial charge in [-0.25, -0.2) is 23.4 Å². The number of halogens is 3. The third kappa shape index (κ3) is 6.64. The number of amides is 2. The van der Waals surface area contributed by atoms with Crippen molar-refractivity contribution in [1.82, 2.24) is 20.1 Å². The van der Waals surface area contributed by atoms with Crippen molar-refractivity contribution in [3.63, 3.8) is 0 Å². The van der Waals surface area contributed by atoms with Crippen molar-refractivity contribution in [1.29, 1.82) is 0 Å². The van der Waals surface area contributed by atoms with E-state index in [-0.39, 0.29) is 29.2 Å². The van der Waals surface area contributed by atoms with Crippen molar-refractivity contribution < 1.29 is 33.0 Å². The Labute approximate surface area is 295 Å². The molecule has 4 aliphatic rings. The van der Waals surface area contributed by atoms with Crippen LogP contribution < -0.4 is 15.1 Å². The fraction of sp³-hybridized carbons (Fsp3) is 0.382. The molecule has 12 nitrogen and oxygen atoms in total. The standard InChI is InChI=1S/C34H34ClF2N7O5S/c1-49-33(47)28-27(39-30(31-38-6-11-50-31)40-29(28)25-3-2-20(36)14-26(25)35)18-41-9-10-43-24(16-41)17-44(34(43)48)23-13-21(37)12-22(15-23)42-7-4-19(5-8-42)32(45)46/h2-3,6,11-15,19,24,29H,4-5,7-10,16-18H2,1H3,(H,39,40)(H,45,46). The van der Waals surface area contributed by atoms with Gasteiger partial charge in [-0.15, -0.1) is 11.3 Å². The first-order chi connectivity index (χ1) is 24.1. The van der Waals surface area contributed by atoms with Crippen LogP contribution in [0.5, 0.6) is 0 Å². The van der Waals surface area contributed by atoms with E-state index in [1.54, 1.807) is 22.1 Å². The average Bonchev–Trinajstić information content (AvgIpc) is 3.76. The quantitative estimate of drug-likeness (QED) is 0.322. The van der Waals surface area contributed by atoms with Gasteiger partial charge in [-0.3, -0.25) is 19.6 Å². The molecule has 7 rings (SSSR count). The van der Waals surface area contributed by atoms with Crippen LogP contribution in [0, 0.1) is 17.6 Å². The fourth-order valence-electron chi connectivity index (χ4n) is 7.10. The van der Waals surface area contributed by atoms with Crippen LogP contribution in [0.15, 0.2) is 64.2 Å². The molecule has 1 aromatic heterocycles. The predicted octanol–water partition coefficient (Wildman–Crippen LogP) is 4.52. The number of carbonyl (C=O) groups excluding carboxylic acids is 2. The van der Waals surface area contributed by atoms with E-state index in [4.69, 9.17) is 21.3 Å². The molecule has 50 heavy (non-hydrogen) atoms. The zero-order chi connectivity index (χ0) is 35.1. The summed E-state index contributed by atoms with van der Waals surface area (Å²) >= 11 is 7.86. The maximum atomic E-state index is 15.0. The highest BCUT2D eigenvalue weighted by Gasteiger charge is 2.43. The molecule has 2 aromatic carbocycles. The highest BCUT2D eigenvalue weighted by molar-refractivity contribution is 7.11. The van der Waals surface area contributed by atoms with Crippen LogP contribution in [-0.2, 0) is 14.3 Å². The third-order valence-electron chi connectivity index (χ3n) is 9.63. The van der Waals surface area contributed by atoms with Crippen molar-refractivity contribution in [2.75, 3.05) is 62.7 Å². The van der Waals surface area contributed by atoms with Crippen molar-refractivity contribution in [3.05, 3.63) is 86.5 Å². The topological polar surface area (TPSA) is 131 Å². The molecule has 5 heterocycles. The zero-order valence-corrected chi connectivity index (χ0v) is 28.6. The molecular formula is C34H34ClF2N7O5S. The van der Waals surface area contributed by atoms with Crippen molar-refractivity contribution in [2.24, 2.45) is 10.9 Å². The van der Waals surface area contributed by atoms with Crippen LogP contribution in [0.4, 0.5) is 25.0 Å². The molecule has 4 aliphatic heterocycles. The van der Waals surface area contributed by atoms with Gasteiger partial charge in [-0.1, -0.05) is 17.7 Å². The number of carboxylic acid groups (broad SMARTS) is 1. The number of thiazole rings is 1. The summed E-state index contributed by atoms with van der Waals surface area (Å²) in [5, 5.41) is 15.2. The van der Waals surface area contributed by atoms with Gasteiger partial charge in [0.1, 0.15) is 17.7 Å². The number of anilines is 2. The van der Waals surface area contributed by atoms with E-state index in [2.05, 4.69) is 15.2 Å². The summed E-state index contributed by atoms with van der Waals surface area (Å²) in [6.45, 7) is 2.95. The Morgan fingerprint density at radius 3 is 2.54 bits per heavy atom. The number of aliphatic imine (C=N–C) groups is 1. The normalized spacial score (nSPS) is 21.6. The molecular weight excluding hydrogens is 692 g/mol. The maximum absolute atomic E-state index is 15.0. The highest BCUT2D eigenvalue weighted by atomic mass is 35.5. The molecule has 0 saturated carbocycles. The summed E-state index contributed by atoms with van der Waals surface area (Å²) in [5.41, 5.74) is 2.25. The summed E-state index contributed by atoms with van der Waals surface area (Å²) < 4.78 is 34.2. The number of aliphatic carboxylic acids is 1. The van der Waals surface area contributed by atoms with Crippen molar-refractivity contribution in [3.8, 4) is 0 Å². The Hall–Kier alpha value is -4.60. The number of nitrogens with zero attached hydrogens (tertiary/aromatic N) is 6. The van der Waals surface area contributed by atoms with Gasteiger partial charge in [-0.05, 0) is 43.2 Å². The molecule has 0 spiro atoms. The monoisotopic (exact) mass is 725 g/mol. The number of nitrogens with one attached hydrogen (secondary N) is 1. The summed E-state index contributed by atoms with van der Waals surface area (Å²) in [5.74, 6) is -2.41. The second-order valence-corrected chi connectivity index (χ2v) is 13.9. The Balaban J connectivity index is 1.12. The first-order valence-electron chi connectivity index (χ1n) is 16.2. The number of fused-ring (bicyclic) bond motifs is 1. The van der Waals surface area contributed by atoms with Crippen LogP contribution >= 0.6 is 22.9 Å². The first kappa shape index (κ1) is 33.9. The van der Waals surface area contributed by atoms with E-state index in [0.29, 0.717) is 85.6 Å². The maximum Gasteiger partial charge on any atom is 0.338 e.